The summed E-state index contributed by atoms with van der Waals surface area (Å²) < 4.78 is 0. The fourth-order valence-electron chi connectivity index (χ4n) is 2.20. The van der Waals surface area contributed by atoms with E-state index in [1.807, 2.05) is 49.4 Å². The van der Waals surface area contributed by atoms with E-state index in [2.05, 4.69) is 16.0 Å². The van der Waals surface area contributed by atoms with E-state index in [0.717, 1.165) is 28.8 Å². The number of benzene rings is 2. The SMILES string of the molecule is CC1=Nc2ccccc2CN1c1ccccc1Cl. The molecule has 0 N–H and O–H groups in total. The Morgan fingerprint density at radius 1 is 1.06 bits per heavy atom. The average molecular weight is 257 g/mol. The minimum atomic E-state index is 0.756. The predicted molar refractivity (Wildman–Crippen MR) is 76.8 cm³/mol. The first kappa shape index (κ1) is 11.3. The second kappa shape index (κ2) is 4.46. The summed E-state index contributed by atoms with van der Waals surface area (Å²) in [5, 5.41) is 0.756. The van der Waals surface area contributed by atoms with Crippen molar-refractivity contribution in [3.05, 3.63) is 59.1 Å². The molecule has 0 atom stereocenters. The third kappa shape index (κ3) is 1.89. The molecule has 0 unspecified atom stereocenters. The van der Waals surface area contributed by atoms with Crippen molar-refractivity contribution in [1.82, 2.24) is 0 Å². The molecule has 3 heteroatoms. The first-order valence-corrected chi connectivity index (χ1v) is 6.29. The second-order valence-electron chi connectivity index (χ2n) is 4.33. The highest BCUT2D eigenvalue weighted by Crippen LogP contribution is 2.32. The highest BCUT2D eigenvalue weighted by molar-refractivity contribution is 6.33. The standard InChI is InChI=1S/C15H13ClN2/c1-11-17-14-8-4-2-6-12(14)10-18(11)15-9-5-3-7-13(15)16/h2-9H,10H2,1H3. The van der Waals surface area contributed by atoms with Crippen LogP contribution in [0.1, 0.15) is 12.5 Å². The molecule has 2 aromatic rings. The van der Waals surface area contributed by atoms with Crippen molar-refractivity contribution in [2.45, 2.75) is 13.5 Å². The van der Waals surface area contributed by atoms with Gasteiger partial charge in [-0.15, -0.1) is 0 Å². The van der Waals surface area contributed by atoms with Crippen molar-refractivity contribution in [2.24, 2.45) is 4.99 Å². The molecule has 1 aliphatic rings. The Hall–Kier alpha value is -1.80. The monoisotopic (exact) mass is 256 g/mol. The van der Waals surface area contributed by atoms with Crippen molar-refractivity contribution in [2.75, 3.05) is 4.90 Å². The van der Waals surface area contributed by atoms with Gasteiger partial charge < -0.3 is 4.90 Å². The van der Waals surface area contributed by atoms with Crippen LogP contribution >= 0.6 is 11.6 Å². The smallest absolute Gasteiger partial charge is 0.106 e. The molecule has 3 rings (SSSR count). The van der Waals surface area contributed by atoms with Gasteiger partial charge >= 0.3 is 0 Å². The van der Waals surface area contributed by atoms with Crippen molar-refractivity contribution in [3.63, 3.8) is 0 Å². The summed E-state index contributed by atoms with van der Waals surface area (Å²) in [6.45, 7) is 2.83. The third-order valence-electron chi connectivity index (χ3n) is 3.14. The Morgan fingerprint density at radius 3 is 2.61 bits per heavy atom. The highest BCUT2D eigenvalue weighted by atomic mass is 35.5. The van der Waals surface area contributed by atoms with Gasteiger partial charge in [0.15, 0.2) is 0 Å². The van der Waals surface area contributed by atoms with E-state index in [4.69, 9.17) is 11.6 Å². The zero-order valence-corrected chi connectivity index (χ0v) is 10.9. The molecule has 0 saturated carbocycles. The van der Waals surface area contributed by atoms with Crippen LogP contribution in [0.2, 0.25) is 5.02 Å². The molecule has 1 heterocycles. The van der Waals surface area contributed by atoms with Crippen molar-refractivity contribution >= 4 is 28.8 Å². The number of fused-ring (bicyclic) bond motifs is 1. The number of amidine groups is 1. The van der Waals surface area contributed by atoms with Gasteiger partial charge in [0.2, 0.25) is 0 Å². The van der Waals surface area contributed by atoms with Crippen molar-refractivity contribution in [3.8, 4) is 0 Å². The Kier molecular flexibility index (Phi) is 2.80. The first-order valence-electron chi connectivity index (χ1n) is 5.91. The Morgan fingerprint density at radius 2 is 1.78 bits per heavy atom. The second-order valence-corrected chi connectivity index (χ2v) is 4.73. The van der Waals surface area contributed by atoms with Gasteiger partial charge in [0.1, 0.15) is 5.84 Å². The lowest BCUT2D eigenvalue weighted by Gasteiger charge is -2.29. The number of hydrogen-bond donors (Lipinski definition) is 0. The molecule has 18 heavy (non-hydrogen) atoms. The summed E-state index contributed by atoms with van der Waals surface area (Å²) in [5.74, 6) is 0.974. The number of halogens is 1. The molecule has 90 valence electrons. The summed E-state index contributed by atoms with van der Waals surface area (Å²) in [6.07, 6.45) is 0. The summed E-state index contributed by atoms with van der Waals surface area (Å²) in [4.78, 5) is 6.77. The van der Waals surface area contributed by atoms with Crippen LogP contribution in [0.4, 0.5) is 11.4 Å². The lowest BCUT2D eigenvalue weighted by molar-refractivity contribution is 0.972. The minimum absolute atomic E-state index is 0.756. The molecule has 2 aromatic carbocycles. The van der Waals surface area contributed by atoms with Crippen LogP contribution in [0.25, 0.3) is 0 Å². The summed E-state index contributed by atoms with van der Waals surface area (Å²) >= 11 is 6.25. The van der Waals surface area contributed by atoms with Crippen LogP contribution in [-0.4, -0.2) is 5.84 Å². The lowest BCUT2D eigenvalue weighted by Crippen LogP contribution is -2.30. The maximum atomic E-state index is 6.25. The van der Waals surface area contributed by atoms with Crippen LogP contribution in [0.3, 0.4) is 0 Å². The number of rotatable bonds is 1. The molecular formula is C15H13ClN2. The molecule has 0 amide bonds. The fourth-order valence-corrected chi connectivity index (χ4v) is 2.44. The normalized spacial score (nSPS) is 14.1. The van der Waals surface area contributed by atoms with Gasteiger partial charge in [0.05, 0.1) is 22.9 Å². The first-order chi connectivity index (χ1) is 8.75. The van der Waals surface area contributed by atoms with Gasteiger partial charge in [-0.1, -0.05) is 41.9 Å². The Bertz CT molecular complexity index is 619. The van der Waals surface area contributed by atoms with E-state index in [0.29, 0.717) is 0 Å². The summed E-state index contributed by atoms with van der Waals surface area (Å²) in [6, 6.07) is 16.1. The van der Waals surface area contributed by atoms with E-state index in [1.165, 1.54) is 5.56 Å². The Balaban J connectivity index is 2.05. The number of nitrogens with zero attached hydrogens (tertiary/aromatic N) is 2. The fraction of sp³-hybridized carbons (Fsp3) is 0.133. The zero-order valence-electron chi connectivity index (χ0n) is 10.1. The van der Waals surface area contributed by atoms with Gasteiger partial charge in [0.25, 0.3) is 0 Å². The van der Waals surface area contributed by atoms with E-state index in [-0.39, 0.29) is 0 Å². The van der Waals surface area contributed by atoms with Crippen LogP contribution in [-0.2, 0) is 6.54 Å². The van der Waals surface area contributed by atoms with Gasteiger partial charge in [-0.2, -0.15) is 0 Å². The molecule has 2 nitrogen and oxygen atoms in total. The maximum absolute atomic E-state index is 6.25. The molecule has 0 aromatic heterocycles. The minimum Gasteiger partial charge on any atom is -0.324 e. The highest BCUT2D eigenvalue weighted by Gasteiger charge is 2.19. The molecule has 0 bridgehead atoms. The van der Waals surface area contributed by atoms with E-state index in [1.54, 1.807) is 0 Å². The zero-order chi connectivity index (χ0) is 12.5. The van der Waals surface area contributed by atoms with E-state index < -0.39 is 0 Å². The third-order valence-corrected chi connectivity index (χ3v) is 3.46. The van der Waals surface area contributed by atoms with Crippen LogP contribution in [0, 0.1) is 0 Å². The molecular weight excluding hydrogens is 244 g/mol. The number of para-hydroxylation sites is 2. The molecule has 0 aliphatic carbocycles. The van der Waals surface area contributed by atoms with Crippen LogP contribution < -0.4 is 4.90 Å². The molecule has 0 radical (unpaired) electrons. The molecule has 0 fully saturated rings. The van der Waals surface area contributed by atoms with Gasteiger partial charge in [-0.05, 0) is 30.7 Å². The predicted octanol–water partition coefficient (Wildman–Crippen LogP) is 4.41. The summed E-state index contributed by atoms with van der Waals surface area (Å²) in [7, 11) is 0. The number of hydrogen-bond acceptors (Lipinski definition) is 2. The molecule has 0 saturated heterocycles. The van der Waals surface area contributed by atoms with Gasteiger partial charge in [-0.3, -0.25) is 0 Å². The van der Waals surface area contributed by atoms with Crippen molar-refractivity contribution < 1.29 is 0 Å². The van der Waals surface area contributed by atoms with Crippen LogP contribution in [0.5, 0.6) is 0 Å². The van der Waals surface area contributed by atoms with E-state index >= 15 is 0 Å². The van der Waals surface area contributed by atoms with E-state index in [9.17, 15) is 0 Å². The van der Waals surface area contributed by atoms with Crippen LogP contribution in [0.15, 0.2) is 53.5 Å². The van der Waals surface area contributed by atoms with Gasteiger partial charge in [0, 0.05) is 0 Å². The summed E-state index contributed by atoms with van der Waals surface area (Å²) in [5.41, 5.74) is 3.29. The van der Waals surface area contributed by atoms with Crippen molar-refractivity contribution in [1.29, 1.82) is 0 Å². The number of anilines is 1. The molecule has 1 aliphatic heterocycles. The van der Waals surface area contributed by atoms with Gasteiger partial charge in [-0.25, -0.2) is 4.99 Å². The Labute approximate surface area is 112 Å². The molecule has 0 spiro atoms. The quantitative estimate of drug-likeness (QED) is 0.738. The lowest BCUT2D eigenvalue weighted by atomic mass is 10.1. The topological polar surface area (TPSA) is 15.6 Å². The largest absolute Gasteiger partial charge is 0.324 e. The average Bonchev–Trinajstić information content (AvgIpc) is 2.39. The number of aliphatic imine (C=N–C) groups is 1. The maximum Gasteiger partial charge on any atom is 0.106 e.